The number of amides is 2. The van der Waals surface area contributed by atoms with Crippen molar-refractivity contribution in [2.75, 3.05) is 12.3 Å². The van der Waals surface area contributed by atoms with E-state index in [9.17, 15) is 9.59 Å². The van der Waals surface area contributed by atoms with Crippen LogP contribution in [-0.4, -0.2) is 35.1 Å². The molecule has 0 radical (unpaired) electrons. The number of nitrogens with one attached hydrogen (secondary N) is 1. The second-order valence-corrected chi connectivity index (χ2v) is 8.41. The van der Waals surface area contributed by atoms with Crippen molar-refractivity contribution >= 4 is 23.6 Å². The van der Waals surface area contributed by atoms with E-state index in [1.54, 1.807) is 16.7 Å². The largest absolute Gasteiger partial charge is 0.354 e. The second kappa shape index (κ2) is 12.3. The number of hydrogen-bond donors (Lipinski definition) is 1. The molecule has 2 aromatic carbocycles. The first-order chi connectivity index (χ1) is 14.0. The van der Waals surface area contributed by atoms with Crippen molar-refractivity contribution in [3.8, 4) is 0 Å². The Morgan fingerprint density at radius 1 is 1.07 bits per heavy atom. The number of aryl methyl sites for hydroxylation is 1. The third-order valence-electron chi connectivity index (χ3n) is 4.80. The van der Waals surface area contributed by atoms with Crippen LogP contribution in [0.4, 0.5) is 0 Å². The lowest BCUT2D eigenvalue weighted by molar-refractivity contribution is -0.140. The van der Waals surface area contributed by atoms with Gasteiger partial charge in [0.25, 0.3) is 0 Å². The SMILES string of the molecule is CCCCNC(=O)[C@H](C)N(Cc1ccc(C)cc1)C(=O)CCSc1ccccc1. The van der Waals surface area contributed by atoms with E-state index in [0.29, 0.717) is 25.3 Å². The van der Waals surface area contributed by atoms with E-state index in [2.05, 4.69) is 12.2 Å². The summed E-state index contributed by atoms with van der Waals surface area (Å²) in [5.74, 6) is 0.610. The average Bonchev–Trinajstić information content (AvgIpc) is 2.73. The van der Waals surface area contributed by atoms with Gasteiger partial charge in [0.2, 0.25) is 11.8 Å². The molecule has 2 amide bonds. The van der Waals surface area contributed by atoms with Crippen molar-refractivity contribution in [3.05, 3.63) is 65.7 Å². The first-order valence-corrected chi connectivity index (χ1v) is 11.3. The molecule has 156 valence electrons. The summed E-state index contributed by atoms with van der Waals surface area (Å²) in [5.41, 5.74) is 2.21. The van der Waals surface area contributed by atoms with Crippen molar-refractivity contribution in [2.45, 2.75) is 57.5 Å². The van der Waals surface area contributed by atoms with Gasteiger partial charge in [-0.25, -0.2) is 0 Å². The van der Waals surface area contributed by atoms with Crippen LogP contribution in [0.5, 0.6) is 0 Å². The molecule has 0 unspecified atom stereocenters. The van der Waals surface area contributed by atoms with Gasteiger partial charge < -0.3 is 10.2 Å². The summed E-state index contributed by atoms with van der Waals surface area (Å²) >= 11 is 1.66. The smallest absolute Gasteiger partial charge is 0.242 e. The van der Waals surface area contributed by atoms with Crippen LogP contribution in [0.2, 0.25) is 0 Å². The van der Waals surface area contributed by atoms with E-state index in [1.807, 2.05) is 68.4 Å². The first kappa shape index (κ1) is 23.0. The normalized spacial score (nSPS) is 11.7. The summed E-state index contributed by atoms with van der Waals surface area (Å²) < 4.78 is 0. The van der Waals surface area contributed by atoms with Gasteiger partial charge in [-0.1, -0.05) is 61.4 Å². The lowest BCUT2D eigenvalue weighted by Crippen LogP contribution is -2.47. The van der Waals surface area contributed by atoms with Crippen LogP contribution in [0.25, 0.3) is 0 Å². The number of rotatable bonds is 11. The molecule has 2 aromatic rings. The highest BCUT2D eigenvalue weighted by Gasteiger charge is 2.25. The number of thioether (sulfide) groups is 1. The maximum Gasteiger partial charge on any atom is 0.242 e. The molecule has 0 bridgehead atoms. The zero-order chi connectivity index (χ0) is 21.1. The van der Waals surface area contributed by atoms with E-state index in [1.165, 1.54) is 5.56 Å². The third-order valence-corrected chi connectivity index (χ3v) is 5.81. The van der Waals surface area contributed by atoms with Crippen molar-refractivity contribution in [2.24, 2.45) is 0 Å². The molecule has 0 heterocycles. The van der Waals surface area contributed by atoms with Crippen LogP contribution in [0, 0.1) is 6.92 Å². The molecule has 29 heavy (non-hydrogen) atoms. The summed E-state index contributed by atoms with van der Waals surface area (Å²) in [7, 11) is 0. The van der Waals surface area contributed by atoms with Gasteiger partial charge in [-0.2, -0.15) is 0 Å². The van der Waals surface area contributed by atoms with E-state index < -0.39 is 6.04 Å². The molecule has 1 atom stereocenters. The Kier molecular flexibility index (Phi) is 9.78. The average molecular weight is 413 g/mol. The summed E-state index contributed by atoms with van der Waals surface area (Å²) in [4.78, 5) is 28.5. The molecule has 0 aliphatic carbocycles. The molecule has 0 spiro atoms. The van der Waals surface area contributed by atoms with E-state index in [4.69, 9.17) is 0 Å². The maximum absolute atomic E-state index is 13.0. The molecule has 0 fully saturated rings. The van der Waals surface area contributed by atoms with Crippen molar-refractivity contribution in [1.82, 2.24) is 10.2 Å². The molecule has 0 saturated heterocycles. The zero-order valence-electron chi connectivity index (χ0n) is 17.7. The van der Waals surface area contributed by atoms with E-state index >= 15 is 0 Å². The molecule has 5 heteroatoms. The molecule has 2 rings (SSSR count). The van der Waals surface area contributed by atoms with Crippen LogP contribution < -0.4 is 5.32 Å². The maximum atomic E-state index is 13.0. The fourth-order valence-electron chi connectivity index (χ4n) is 2.93. The molecule has 1 N–H and O–H groups in total. The summed E-state index contributed by atoms with van der Waals surface area (Å²) in [6.07, 6.45) is 2.37. The Bertz CT molecular complexity index is 762. The molecule has 4 nitrogen and oxygen atoms in total. The third kappa shape index (κ3) is 7.94. The minimum Gasteiger partial charge on any atom is -0.354 e. The Balaban J connectivity index is 2.02. The van der Waals surface area contributed by atoms with Gasteiger partial charge in [0.1, 0.15) is 6.04 Å². The van der Waals surface area contributed by atoms with Crippen molar-refractivity contribution in [1.29, 1.82) is 0 Å². The second-order valence-electron chi connectivity index (χ2n) is 7.24. The predicted molar refractivity (Wildman–Crippen MR) is 121 cm³/mol. The van der Waals surface area contributed by atoms with Crippen LogP contribution in [0.1, 0.15) is 44.2 Å². The highest BCUT2D eigenvalue weighted by Crippen LogP contribution is 2.19. The van der Waals surface area contributed by atoms with Gasteiger partial charge in [0.15, 0.2) is 0 Å². The highest BCUT2D eigenvalue weighted by molar-refractivity contribution is 7.99. The standard InChI is InChI=1S/C24H32N2O2S/c1-4-5-16-25-24(28)20(3)26(18-21-13-11-19(2)12-14-21)23(27)15-17-29-22-9-7-6-8-10-22/h6-14,20H,4-5,15-18H2,1-3H3,(H,25,28)/t20-/m0/s1. The van der Waals surface area contributed by atoms with Crippen molar-refractivity contribution in [3.63, 3.8) is 0 Å². The first-order valence-electron chi connectivity index (χ1n) is 10.3. The van der Waals surface area contributed by atoms with Gasteiger partial charge in [0, 0.05) is 30.2 Å². The summed E-state index contributed by atoms with van der Waals surface area (Å²) in [5, 5.41) is 2.96. The number of hydrogen-bond acceptors (Lipinski definition) is 3. The fourth-order valence-corrected chi connectivity index (χ4v) is 3.79. The van der Waals surface area contributed by atoms with Gasteiger partial charge >= 0.3 is 0 Å². The Morgan fingerprint density at radius 2 is 1.76 bits per heavy atom. The quantitative estimate of drug-likeness (QED) is 0.426. The summed E-state index contributed by atoms with van der Waals surface area (Å²) in [6, 6.07) is 17.7. The molecular formula is C24H32N2O2S. The molecular weight excluding hydrogens is 380 g/mol. The van der Waals surface area contributed by atoms with Gasteiger partial charge in [-0.15, -0.1) is 11.8 Å². The molecule has 0 saturated carbocycles. The molecule has 0 aromatic heterocycles. The monoisotopic (exact) mass is 412 g/mol. The Hall–Kier alpha value is -2.27. The molecule has 0 aliphatic heterocycles. The number of unbranched alkanes of at least 4 members (excludes halogenated alkanes) is 1. The van der Waals surface area contributed by atoms with Gasteiger partial charge in [-0.3, -0.25) is 9.59 Å². The highest BCUT2D eigenvalue weighted by atomic mass is 32.2. The van der Waals surface area contributed by atoms with Crippen LogP contribution in [0.3, 0.4) is 0 Å². The van der Waals surface area contributed by atoms with E-state index in [0.717, 1.165) is 23.3 Å². The Morgan fingerprint density at radius 3 is 2.41 bits per heavy atom. The summed E-state index contributed by atoms with van der Waals surface area (Å²) in [6.45, 7) is 7.04. The topological polar surface area (TPSA) is 49.4 Å². The zero-order valence-corrected chi connectivity index (χ0v) is 18.5. The number of carbonyl (C=O) groups is 2. The lowest BCUT2D eigenvalue weighted by Gasteiger charge is -2.29. The number of carbonyl (C=O) groups excluding carboxylic acids is 2. The number of benzene rings is 2. The minimum absolute atomic E-state index is 0.00662. The molecule has 0 aliphatic rings. The lowest BCUT2D eigenvalue weighted by atomic mass is 10.1. The van der Waals surface area contributed by atoms with Crippen LogP contribution in [0.15, 0.2) is 59.5 Å². The predicted octanol–water partition coefficient (Wildman–Crippen LogP) is 4.81. The fraction of sp³-hybridized carbons (Fsp3) is 0.417. The van der Waals surface area contributed by atoms with Gasteiger partial charge in [0.05, 0.1) is 0 Å². The number of nitrogens with zero attached hydrogens (tertiary/aromatic N) is 1. The Labute approximate surface area is 179 Å². The van der Waals surface area contributed by atoms with Crippen LogP contribution >= 0.6 is 11.8 Å². The van der Waals surface area contributed by atoms with Crippen molar-refractivity contribution < 1.29 is 9.59 Å². The minimum atomic E-state index is -0.498. The van der Waals surface area contributed by atoms with Crippen LogP contribution in [-0.2, 0) is 16.1 Å². The van der Waals surface area contributed by atoms with Gasteiger partial charge in [-0.05, 0) is 38.0 Å². The van der Waals surface area contributed by atoms with E-state index in [-0.39, 0.29) is 11.8 Å².